The van der Waals surface area contributed by atoms with E-state index in [1.54, 1.807) is 18.5 Å². The molecule has 1 aromatic heterocycles. The summed E-state index contributed by atoms with van der Waals surface area (Å²) >= 11 is 0. The number of nitrogens with one attached hydrogen (secondary N) is 2. The zero-order valence-corrected chi connectivity index (χ0v) is 13.6. The topological polar surface area (TPSA) is 104 Å². The number of sulfone groups is 1. The number of rotatable bonds is 3. The number of carbonyl (C=O) groups excluding carboxylic acids is 1. The Morgan fingerprint density at radius 3 is 2.35 bits per heavy atom. The molecule has 0 aromatic carbocycles. The Balaban J connectivity index is 1.43. The van der Waals surface area contributed by atoms with E-state index in [9.17, 15) is 13.2 Å². The third kappa shape index (κ3) is 4.31. The molecule has 9 heteroatoms. The van der Waals surface area contributed by atoms with Crippen LogP contribution in [-0.2, 0) is 9.84 Å². The Hall–Kier alpha value is -1.90. The van der Waals surface area contributed by atoms with Crippen molar-refractivity contribution in [2.75, 3.05) is 29.5 Å². The molecule has 0 radical (unpaired) electrons. The van der Waals surface area contributed by atoms with Gasteiger partial charge in [-0.05, 0) is 25.3 Å². The second kappa shape index (κ2) is 6.69. The van der Waals surface area contributed by atoms with E-state index in [2.05, 4.69) is 25.5 Å². The molecule has 3 heterocycles. The molecule has 2 aliphatic heterocycles. The Bertz CT molecular complexity index is 644. The standard InChI is InChI=1S/C14H21N5O3S/c20-14(18-12-4-9-23(21,22)10-12)17-11-2-7-19(8-3-11)13-15-5-1-6-16-13/h1,5-6,11-12H,2-4,7-10H2,(H2,17,18,20)/t12-/m1/s1. The van der Waals surface area contributed by atoms with Gasteiger partial charge in [0.15, 0.2) is 9.84 Å². The summed E-state index contributed by atoms with van der Waals surface area (Å²) in [5.74, 6) is 0.920. The summed E-state index contributed by atoms with van der Waals surface area (Å²) in [7, 11) is -2.98. The van der Waals surface area contributed by atoms with Crippen molar-refractivity contribution in [3.8, 4) is 0 Å². The fraction of sp³-hybridized carbons (Fsp3) is 0.643. The third-order valence-corrected chi connectivity index (χ3v) is 6.00. The van der Waals surface area contributed by atoms with Crippen LogP contribution < -0.4 is 15.5 Å². The van der Waals surface area contributed by atoms with E-state index >= 15 is 0 Å². The summed E-state index contributed by atoms with van der Waals surface area (Å²) in [6.07, 6.45) is 5.56. The first-order valence-corrected chi connectivity index (χ1v) is 9.63. The largest absolute Gasteiger partial charge is 0.341 e. The summed E-state index contributed by atoms with van der Waals surface area (Å²) < 4.78 is 22.8. The summed E-state index contributed by atoms with van der Waals surface area (Å²) in [6, 6.07) is 1.33. The normalized spacial score (nSPS) is 24.3. The van der Waals surface area contributed by atoms with Gasteiger partial charge in [-0.3, -0.25) is 0 Å². The van der Waals surface area contributed by atoms with Gasteiger partial charge >= 0.3 is 6.03 Å². The minimum Gasteiger partial charge on any atom is -0.341 e. The van der Waals surface area contributed by atoms with E-state index in [1.807, 2.05) is 0 Å². The number of anilines is 1. The molecule has 23 heavy (non-hydrogen) atoms. The molecule has 0 spiro atoms. The maximum atomic E-state index is 12.0. The number of piperidine rings is 1. The van der Waals surface area contributed by atoms with Crippen molar-refractivity contribution >= 4 is 21.8 Å². The number of amides is 2. The quantitative estimate of drug-likeness (QED) is 0.799. The Labute approximate surface area is 135 Å². The zero-order chi connectivity index (χ0) is 16.3. The molecule has 0 saturated carbocycles. The van der Waals surface area contributed by atoms with Crippen molar-refractivity contribution in [3.05, 3.63) is 18.5 Å². The van der Waals surface area contributed by atoms with Crippen LogP contribution in [0.15, 0.2) is 18.5 Å². The molecule has 1 atom stereocenters. The lowest BCUT2D eigenvalue weighted by Crippen LogP contribution is -2.50. The van der Waals surface area contributed by atoms with E-state index < -0.39 is 9.84 Å². The van der Waals surface area contributed by atoms with E-state index in [4.69, 9.17) is 0 Å². The van der Waals surface area contributed by atoms with E-state index in [-0.39, 0.29) is 29.6 Å². The molecule has 2 amide bonds. The second-order valence-corrected chi connectivity index (χ2v) is 8.26. The van der Waals surface area contributed by atoms with E-state index in [0.717, 1.165) is 25.9 Å². The van der Waals surface area contributed by atoms with Crippen LogP contribution in [0.25, 0.3) is 0 Å². The number of carbonyl (C=O) groups is 1. The number of aromatic nitrogens is 2. The average molecular weight is 339 g/mol. The highest BCUT2D eigenvalue weighted by Crippen LogP contribution is 2.15. The number of hydrogen-bond acceptors (Lipinski definition) is 6. The van der Waals surface area contributed by atoms with Crippen molar-refractivity contribution in [2.45, 2.75) is 31.3 Å². The molecular formula is C14H21N5O3S. The van der Waals surface area contributed by atoms with Gasteiger partial charge in [0, 0.05) is 37.6 Å². The second-order valence-electron chi connectivity index (χ2n) is 6.03. The van der Waals surface area contributed by atoms with Crippen LogP contribution in [0.2, 0.25) is 0 Å². The van der Waals surface area contributed by atoms with Crippen LogP contribution in [0.5, 0.6) is 0 Å². The minimum atomic E-state index is -2.98. The first-order valence-electron chi connectivity index (χ1n) is 7.81. The fourth-order valence-electron chi connectivity index (χ4n) is 3.00. The van der Waals surface area contributed by atoms with E-state index in [0.29, 0.717) is 12.4 Å². The van der Waals surface area contributed by atoms with Gasteiger partial charge < -0.3 is 15.5 Å². The molecule has 1 aromatic rings. The van der Waals surface area contributed by atoms with Crippen LogP contribution in [0, 0.1) is 0 Å². The highest BCUT2D eigenvalue weighted by atomic mass is 32.2. The third-order valence-electron chi connectivity index (χ3n) is 4.23. The predicted molar refractivity (Wildman–Crippen MR) is 86.0 cm³/mol. The molecule has 0 aliphatic carbocycles. The lowest BCUT2D eigenvalue weighted by atomic mass is 10.1. The van der Waals surface area contributed by atoms with Crippen LogP contribution in [0.3, 0.4) is 0 Å². The Morgan fingerprint density at radius 2 is 1.74 bits per heavy atom. The molecule has 3 rings (SSSR count). The Kier molecular flexibility index (Phi) is 4.65. The SMILES string of the molecule is O=C(NC1CCN(c2ncccn2)CC1)N[C@@H]1CCS(=O)(=O)C1. The van der Waals surface area contributed by atoms with Crippen molar-refractivity contribution in [2.24, 2.45) is 0 Å². The molecule has 0 bridgehead atoms. The number of hydrogen-bond donors (Lipinski definition) is 2. The highest BCUT2D eigenvalue weighted by Gasteiger charge is 2.29. The van der Waals surface area contributed by atoms with Gasteiger partial charge in [0.05, 0.1) is 11.5 Å². The highest BCUT2D eigenvalue weighted by molar-refractivity contribution is 7.91. The maximum Gasteiger partial charge on any atom is 0.315 e. The fourth-order valence-corrected chi connectivity index (χ4v) is 4.67. The summed E-state index contributed by atoms with van der Waals surface area (Å²) in [5.41, 5.74) is 0. The van der Waals surface area contributed by atoms with Gasteiger partial charge in [0.2, 0.25) is 5.95 Å². The smallest absolute Gasteiger partial charge is 0.315 e. The minimum absolute atomic E-state index is 0.0458. The van der Waals surface area contributed by atoms with Gasteiger partial charge in [-0.25, -0.2) is 23.2 Å². The number of nitrogens with zero attached hydrogens (tertiary/aromatic N) is 3. The lowest BCUT2D eigenvalue weighted by molar-refractivity contribution is 0.231. The average Bonchev–Trinajstić information content (AvgIpc) is 2.87. The zero-order valence-electron chi connectivity index (χ0n) is 12.8. The van der Waals surface area contributed by atoms with Crippen molar-refractivity contribution in [3.63, 3.8) is 0 Å². The molecule has 2 N–H and O–H groups in total. The Morgan fingerprint density at radius 1 is 1.09 bits per heavy atom. The number of urea groups is 1. The molecular weight excluding hydrogens is 318 g/mol. The van der Waals surface area contributed by atoms with Crippen LogP contribution in [-0.4, -0.2) is 61.1 Å². The predicted octanol–water partition coefficient (Wildman–Crippen LogP) is -0.0683. The molecule has 8 nitrogen and oxygen atoms in total. The van der Waals surface area contributed by atoms with Crippen LogP contribution in [0.1, 0.15) is 19.3 Å². The van der Waals surface area contributed by atoms with E-state index in [1.165, 1.54) is 0 Å². The van der Waals surface area contributed by atoms with Crippen molar-refractivity contribution in [1.29, 1.82) is 0 Å². The monoisotopic (exact) mass is 339 g/mol. The summed E-state index contributed by atoms with van der Waals surface area (Å²) in [4.78, 5) is 22.5. The van der Waals surface area contributed by atoms with Gasteiger partial charge in [-0.2, -0.15) is 0 Å². The van der Waals surface area contributed by atoms with Gasteiger partial charge in [0.25, 0.3) is 0 Å². The molecule has 126 valence electrons. The van der Waals surface area contributed by atoms with Crippen LogP contribution >= 0.6 is 0 Å². The molecule has 2 aliphatic rings. The van der Waals surface area contributed by atoms with Gasteiger partial charge in [-0.1, -0.05) is 0 Å². The maximum absolute atomic E-state index is 12.0. The first kappa shape index (κ1) is 16.0. The summed E-state index contributed by atoms with van der Waals surface area (Å²) in [5, 5.41) is 5.69. The van der Waals surface area contributed by atoms with Crippen molar-refractivity contribution < 1.29 is 13.2 Å². The van der Waals surface area contributed by atoms with Gasteiger partial charge in [0.1, 0.15) is 0 Å². The van der Waals surface area contributed by atoms with Gasteiger partial charge in [-0.15, -0.1) is 0 Å². The lowest BCUT2D eigenvalue weighted by Gasteiger charge is -2.32. The first-order chi connectivity index (χ1) is 11.0. The molecule has 2 fully saturated rings. The van der Waals surface area contributed by atoms with Crippen molar-refractivity contribution in [1.82, 2.24) is 20.6 Å². The van der Waals surface area contributed by atoms with Crippen LogP contribution in [0.4, 0.5) is 10.7 Å². The molecule has 0 unspecified atom stereocenters. The summed E-state index contributed by atoms with van der Waals surface area (Å²) in [6.45, 7) is 1.57. The molecule has 2 saturated heterocycles.